The van der Waals surface area contributed by atoms with Gasteiger partial charge in [-0.25, -0.2) is 4.39 Å². The van der Waals surface area contributed by atoms with Crippen LogP contribution >= 0.6 is 15.9 Å². The summed E-state index contributed by atoms with van der Waals surface area (Å²) in [6, 6.07) is 5.45. The molecule has 2 fully saturated rings. The number of fused-ring (bicyclic) bond motifs is 2. The first-order valence-electron chi connectivity index (χ1n) is 8.14. The molecule has 0 radical (unpaired) electrons. The summed E-state index contributed by atoms with van der Waals surface area (Å²) < 4.78 is 14.6. The number of aromatic amines is 1. The Balaban J connectivity index is 1.54. The Morgan fingerprint density at radius 1 is 1.26 bits per heavy atom. The number of rotatable bonds is 2. The van der Waals surface area contributed by atoms with Gasteiger partial charge in [-0.3, -0.25) is 9.69 Å². The summed E-state index contributed by atoms with van der Waals surface area (Å²) in [5.41, 5.74) is 1.05. The Bertz CT molecular complexity index is 760. The van der Waals surface area contributed by atoms with Crippen LogP contribution in [0.4, 0.5) is 4.39 Å². The van der Waals surface area contributed by atoms with Gasteiger partial charge in [0.15, 0.2) is 0 Å². The molecule has 2 aromatic rings. The number of carbonyl (C=O) groups is 1. The Labute approximate surface area is 142 Å². The van der Waals surface area contributed by atoms with Crippen LogP contribution in [0, 0.1) is 5.82 Å². The van der Waals surface area contributed by atoms with Crippen molar-refractivity contribution in [2.75, 3.05) is 13.1 Å². The monoisotopic (exact) mass is 379 g/mol. The molecular formula is C17H19BrFN3O. The van der Waals surface area contributed by atoms with E-state index >= 15 is 0 Å². The number of H-pyrrole nitrogens is 1. The molecule has 1 aromatic heterocycles. The van der Waals surface area contributed by atoms with E-state index in [0.717, 1.165) is 25.9 Å². The fourth-order valence-corrected chi connectivity index (χ4v) is 4.37. The SMILES string of the molecule is O=C(N[C@@H]1CCN2CCCC[C@@H]12)c1cc2c(F)cc(Br)cc2[nH]1. The molecule has 0 aliphatic carbocycles. The standard InChI is InChI=1S/C17H19BrFN3O/c18-10-7-12(19)11-9-15(20-14(11)8-10)17(23)21-13-4-6-22-5-2-1-3-16(13)22/h7-9,13,16,20H,1-6H2,(H,21,23)/t13-,16+/m1/s1. The predicted octanol–water partition coefficient (Wildman–Crippen LogP) is 3.43. The molecule has 2 aliphatic heterocycles. The first-order valence-corrected chi connectivity index (χ1v) is 8.94. The van der Waals surface area contributed by atoms with Gasteiger partial charge in [0.05, 0.1) is 5.52 Å². The Morgan fingerprint density at radius 3 is 3.00 bits per heavy atom. The molecule has 122 valence electrons. The van der Waals surface area contributed by atoms with E-state index in [1.165, 1.54) is 18.9 Å². The normalized spacial score (nSPS) is 24.8. The molecule has 2 atom stereocenters. The average Bonchev–Trinajstić information content (AvgIpc) is 3.12. The van der Waals surface area contributed by atoms with E-state index in [-0.39, 0.29) is 17.8 Å². The van der Waals surface area contributed by atoms with Crippen molar-refractivity contribution in [2.24, 2.45) is 0 Å². The van der Waals surface area contributed by atoms with Gasteiger partial charge in [-0.15, -0.1) is 0 Å². The number of nitrogens with one attached hydrogen (secondary N) is 2. The summed E-state index contributed by atoms with van der Waals surface area (Å²) in [5.74, 6) is -0.474. The summed E-state index contributed by atoms with van der Waals surface area (Å²) in [6.45, 7) is 2.20. The maximum absolute atomic E-state index is 14.0. The third-order valence-electron chi connectivity index (χ3n) is 5.07. The number of hydrogen-bond acceptors (Lipinski definition) is 2. The number of amides is 1. The molecule has 2 N–H and O–H groups in total. The second-order valence-corrected chi connectivity index (χ2v) is 7.42. The first kappa shape index (κ1) is 15.1. The van der Waals surface area contributed by atoms with E-state index in [0.29, 0.717) is 27.1 Å². The van der Waals surface area contributed by atoms with Crippen molar-refractivity contribution in [3.05, 3.63) is 34.2 Å². The number of nitrogens with zero attached hydrogens (tertiary/aromatic N) is 1. The van der Waals surface area contributed by atoms with Gasteiger partial charge >= 0.3 is 0 Å². The lowest BCUT2D eigenvalue weighted by atomic mass is 9.99. The number of aromatic nitrogens is 1. The molecule has 1 aromatic carbocycles. The van der Waals surface area contributed by atoms with Crippen molar-refractivity contribution < 1.29 is 9.18 Å². The number of hydrogen-bond donors (Lipinski definition) is 2. The van der Waals surface area contributed by atoms with Crippen LogP contribution in [0.3, 0.4) is 0 Å². The van der Waals surface area contributed by atoms with Crippen molar-refractivity contribution in [1.29, 1.82) is 0 Å². The molecule has 0 bridgehead atoms. The highest BCUT2D eigenvalue weighted by molar-refractivity contribution is 9.10. The lowest BCUT2D eigenvalue weighted by molar-refractivity contribution is 0.0911. The fourth-order valence-electron chi connectivity index (χ4n) is 3.94. The zero-order valence-electron chi connectivity index (χ0n) is 12.7. The molecule has 0 spiro atoms. The van der Waals surface area contributed by atoms with Crippen LogP contribution < -0.4 is 5.32 Å². The smallest absolute Gasteiger partial charge is 0.268 e. The minimum absolute atomic E-state index is 0.144. The summed E-state index contributed by atoms with van der Waals surface area (Å²) >= 11 is 3.27. The summed E-state index contributed by atoms with van der Waals surface area (Å²) in [7, 11) is 0. The minimum atomic E-state index is -0.330. The molecule has 0 saturated carbocycles. The highest BCUT2D eigenvalue weighted by Crippen LogP contribution is 2.28. The van der Waals surface area contributed by atoms with Crippen molar-refractivity contribution in [3.8, 4) is 0 Å². The van der Waals surface area contributed by atoms with Crippen molar-refractivity contribution >= 4 is 32.7 Å². The largest absolute Gasteiger partial charge is 0.350 e. The van der Waals surface area contributed by atoms with Crippen molar-refractivity contribution in [1.82, 2.24) is 15.2 Å². The van der Waals surface area contributed by atoms with Gasteiger partial charge in [-0.2, -0.15) is 0 Å². The lowest BCUT2D eigenvalue weighted by Gasteiger charge is -2.32. The van der Waals surface area contributed by atoms with Gasteiger partial charge in [0, 0.05) is 28.5 Å². The Morgan fingerprint density at radius 2 is 2.13 bits per heavy atom. The van der Waals surface area contributed by atoms with E-state index < -0.39 is 0 Å². The molecule has 2 saturated heterocycles. The van der Waals surface area contributed by atoms with Gasteiger partial charge in [0.25, 0.3) is 5.91 Å². The molecule has 2 aliphatic rings. The molecule has 0 unspecified atom stereocenters. The molecule has 4 nitrogen and oxygen atoms in total. The molecule has 4 rings (SSSR count). The summed E-state index contributed by atoms with van der Waals surface area (Å²) in [4.78, 5) is 18.1. The second kappa shape index (κ2) is 5.91. The maximum Gasteiger partial charge on any atom is 0.268 e. The van der Waals surface area contributed by atoms with Gasteiger partial charge in [-0.1, -0.05) is 22.4 Å². The van der Waals surface area contributed by atoms with Crippen LogP contribution in [-0.2, 0) is 0 Å². The quantitative estimate of drug-likeness (QED) is 0.839. The number of carbonyl (C=O) groups excluding carboxylic acids is 1. The van der Waals surface area contributed by atoms with Crippen LogP contribution in [0.5, 0.6) is 0 Å². The van der Waals surface area contributed by atoms with E-state index in [4.69, 9.17) is 0 Å². The second-order valence-electron chi connectivity index (χ2n) is 6.50. The van der Waals surface area contributed by atoms with Crippen LogP contribution in [0.15, 0.2) is 22.7 Å². The van der Waals surface area contributed by atoms with Gasteiger partial charge in [0.2, 0.25) is 0 Å². The number of halogens is 2. The molecule has 23 heavy (non-hydrogen) atoms. The highest BCUT2D eigenvalue weighted by Gasteiger charge is 2.36. The summed E-state index contributed by atoms with van der Waals surface area (Å²) in [5, 5.41) is 3.59. The van der Waals surface area contributed by atoms with Crippen LogP contribution in [0.25, 0.3) is 10.9 Å². The van der Waals surface area contributed by atoms with Crippen molar-refractivity contribution in [3.63, 3.8) is 0 Å². The third-order valence-corrected chi connectivity index (χ3v) is 5.53. The molecule has 6 heteroatoms. The lowest BCUT2D eigenvalue weighted by Crippen LogP contribution is -2.46. The van der Waals surface area contributed by atoms with E-state index in [1.54, 1.807) is 12.1 Å². The van der Waals surface area contributed by atoms with Gasteiger partial charge < -0.3 is 10.3 Å². The van der Waals surface area contributed by atoms with Crippen molar-refractivity contribution in [2.45, 2.75) is 37.8 Å². The number of piperidine rings is 1. The van der Waals surface area contributed by atoms with E-state index in [9.17, 15) is 9.18 Å². The van der Waals surface area contributed by atoms with E-state index in [2.05, 4.69) is 31.1 Å². The maximum atomic E-state index is 14.0. The Hall–Kier alpha value is -1.40. The van der Waals surface area contributed by atoms with Crippen LogP contribution in [-0.4, -0.2) is 41.0 Å². The minimum Gasteiger partial charge on any atom is -0.350 e. The van der Waals surface area contributed by atoms with Gasteiger partial charge in [0.1, 0.15) is 11.5 Å². The summed E-state index contributed by atoms with van der Waals surface area (Å²) in [6.07, 6.45) is 4.64. The van der Waals surface area contributed by atoms with Gasteiger partial charge in [-0.05, 0) is 44.0 Å². The van der Waals surface area contributed by atoms with E-state index in [1.807, 2.05) is 0 Å². The molecular weight excluding hydrogens is 361 g/mol. The van der Waals surface area contributed by atoms with Crippen LogP contribution in [0.1, 0.15) is 36.2 Å². The average molecular weight is 380 g/mol. The first-order chi connectivity index (χ1) is 11.1. The number of benzene rings is 1. The Kier molecular flexibility index (Phi) is 3.89. The third kappa shape index (κ3) is 2.78. The topological polar surface area (TPSA) is 48.1 Å². The zero-order valence-corrected chi connectivity index (χ0v) is 14.3. The van der Waals surface area contributed by atoms with Crippen LogP contribution in [0.2, 0.25) is 0 Å². The predicted molar refractivity (Wildman–Crippen MR) is 91.0 cm³/mol. The molecule has 3 heterocycles. The molecule has 1 amide bonds. The fraction of sp³-hybridized carbons (Fsp3) is 0.471. The highest BCUT2D eigenvalue weighted by atomic mass is 79.9. The zero-order chi connectivity index (χ0) is 16.0.